The number of rotatable bonds is 4. The second-order valence-corrected chi connectivity index (χ2v) is 7.26. The molecule has 1 saturated heterocycles. The predicted octanol–water partition coefficient (Wildman–Crippen LogP) is 4.62. The zero-order valence-electron chi connectivity index (χ0n) is 11.6. The number of ether oxygens (including phenoxy) is 1. The average molecular weight is 247 g/mol. The van der Waals surface area contributed by atoms with Crippen LogP contribution in [0.2, 0.25) is 0 Å². The largest absolute Gasteiger partial charge is 0.369 e. The Kier molecular flexibility index (Phi) is 4.34. The third-order valence-electron chi connectivity index (χ3n) is 3.77. The topological polar surface area (TPSA) is 9.23 Å². The van der Waals surface area contributed by atoms with E-state index in [2.05, 4.69) is 41.5 Å². The summed E-state index contributed by atoms with van der Waals surface area (Å²) >= 11 is 6.32. The van der Waals surface area contributed by atoms with Gasteiger partial charge in [-0.2, -0.15) is 0 Å². The van der Waals surface area contributed by atoms with Crippen LogP contribution < -0.4 is 0 Å². The van der Waals surface area contributed by atoms with E-state index >= 15 is 0 Å². The van der Waals surface area contributed by atoms with Crippen LogP contribution >= 0.6 is 11.6 Å². The van der Waals surface area contributed by atoms with Crippen LogP contribution in [0.4, 0.5) is 0 Å². The fraction of sp³-hybridized carbons (Fsp3) is 1.00. The molecule has 0 N–H and O–H groups in total. The molecule has 1 heterocycles. The van der Waals surface area contributed by atoms with Gasteiger partial charge in [0, 0.05) is 5.38 Å². The molecular formula is C14H27ClO. The van der Waals surface area contributed by atoms with Gasteiger partial charge in [0.25, 0.3) is 0 Å². The zero-order chi connectivity index (χ0) is 12.6. The molecule has 0 saturated carbocycles. The van der Waals surface area contributed by atoms with Crippen molar-refractivity contribution in [2.24, 2.45) is 11.8 Å². The minimum Gasteiger partial charge on any atom is -0.369 e. The third kappa shape index (κ3) is 3.63. The van der Waals surface area contributed by atoms with Crippen molar-refractivity contribution in [1.29, 1.82) is 0 Å². The lowest BCUT2D eigenvalue weighted by Gasteiger charge is -2.28. The Hall–Kier alpha value is 0.250. The van der Waals surface area contributed by atoms with Gasteiger partial charge in [0.2, 0.25) is 0 Å². The summed E-state index contributed by atoms with van der Waals surface area (Å²) in [6, 6.07) is 0. The van der Waals surface area contributed by atoms with Crippen LogP contribution in [0.5, 0.6) is 0 Å². The zero-order valence-corrected chi connectivity index (χ0v) is 12.4. The molecule has 0 spiro atoms. The van der Waals surface area contributed by atoms with E-state index in [1.165, 1.54) is 6.42 Å². The summed E-state index contributed by atoms with van der Waals surface area (Å²) in [7, 11) is 0. The molecule has 0 aromatic rings. The van der Waals surface area contributed by atoms with Crippen LogP contribution in [-0.4, -0.2) is 16.6 Å². The van der Waals surface area contributed by atoms with Gasteiger partial charge in [-0.1, -0.05) is 13.8 Å². The minimum atomic E-state index is 0.0110. The molecular weight excluding hydrogens is 220 g/mol. The summed E-state index contributed by atoms with van der Waals surface area (Å²) < 4.78 is 6.10. The van der Waals surface area contributed by atoms with E-state index in [9.17, 15) is 0 Å². The van der Waals surface area contributed by atoms with Crippen molar-refractivity contribution in [3.63, 3.8) is 0 Å². The third-order valence-corrected chi connectivity index (χ3v) is 4.50. The number of alkyl halides is 1. The lowest BCUT2D eigenvalue weighted by Crippen LogP contribution is -2.29. The van der Waals surface area contributed by atoms with Gasteiger partial charge >= 0.3 is 0 Å². The molecule has 1 rings (SSSR count). The summed E-state index contributed by atoms with van der Waals surface area (Å²) in [6.45, 7) is 13.2. The molecule has 1 fully saturated rings. The lowest BCUT2D eigenvalue weighted by atomic mass is 9.83. The van der Waals surface area contributed by atoms with Gasteiger partial charge in [0.05, 0.1) is 11.2 Å². The predicted molar refractivity (Wildman–Crippen MR) is 71.1 cm³/mol. The molecule has 2 unspecified atom stereocenters. The SMILES string of the molecule is CC(C)C(Cl)CCC1CC(C)(C)OC1(C)C. The second kappa shape index (κ2) is 4.86. The van der Waals surface area contributed by atoms with Crippen LogP contribution in [0.15, 0.2) is 0 Å². The Morgan fingerprint density at radius 1 is 1.25 bits per heavy atom. The Bertz CT molecular complexity index is 233. The summed E-state index contributed by atoms with van der Waals surface area (Å²) in [4.78, 5) is 0. The first-order valence-corrected chi connectivity index (χ1v) is 6.92. The Morgan fingerprint density at radius 3 is 2.19 bits per heavy atom. The highest BCUT2D eigenvalue weighted by atomic mass is 35.5. The average Bonchev–Trinajstić information content (AvgIpc) is 2.29. The van der Waals surface area contributed by atoms with Gasteiger partial charge < -0.3 is 4.74 Å². The van der Waals surface area contributed by atoms with E-state index in [0.29, 0.717) is 17.2 Å². The van der Waals surface area contributed by atoms with Crippen molar-refractivity contribution >= 4 is 11.6 Å². The first-order chi connectivity index (χ1) is 7.14. The molecule has 96 valence electrons. The first-order valence-electron chi connectivity index (χ1n) is 6.48. The first kappa shape index (κ1) is 14.3. The summed E-state index contributed by atoms with van der Waals surface area (Å²) in [5.41, 5.74) is 0.0465. The highest BCUT2D eigenvalue weighted by Gasteiger charge is 2.45. The van der Waals surface area contributed by atoms with Gasteiger partial charge in [-0.15, -0.1) is 11.6 Å². The molecule has 0 aromatic heterocycles. The minimum absolute atomic E-state index is 0.0110. The van der Waals surface area contributed by atoms with Gasteiger partial charge in [-0.25, -0.2) is 0 Å². The van der Waals surface area contributed by atoms with Crippen LogP contribution in [0, 0.1) is 11.8 Å². The summed E-state index contributed by atoms with van der Waals surface area (Å²) in [5.74, 6) is 1.21. The van der Waals surface area contributed by atoms with Gasteiger partial charge in [0.1, 0.15) is 0 Å². The van der Waals surface area contributed by atoms with E-state index in [0.717, 1.165) is 12.8 Å². The maximum absolute atomic E-state index is 6.32. The molecule has 2 atom stereocenters. The van der Waals surface area contributed by atoms with Crippen molar-refractivity contribution in [2.45, 2.75) is 77.4 Å². The fourth-order valence-corrected chi connectivity index (χ4v) is 2.95. The van der Waals surface area contributed by atoms with Gasteiger partial charge in [-0.3, -0.25) is 0 Å². The fourth-order valence-electron chi connectivity index (χ4n) is 2.82. The van der Waals surface area contributed by atoms with Crippen molar-refractivity contribution in [3.8, 4) is 0 Å². The molecule has 1 nitrogen and oxygen atoms in total. The van der Waals surface area contributed by atoms with Crippen molar-refractivity contribution in [2.75, 3.05) is 0 Å². The molecule has 0 aliphatic carbocycles. The Labute approximate surface area is 106 Å². The van der Waals surface area contributed by atoms with Crippen LogP contribution in [0.3, 0.4) is 0 Å². The molecule has 0 bridgehead atoms. The highest BCUT2D eigenvalue weighted by Crippen LogP contribution is 2.44. The van der Waals surface area contributed by atoms with Crippen molar-refractivity contribution in [1.82, 2.24) is 0 Å². The summed E-state index contributed by atoms with van der Waals surface area (Å²) in [5, 5.41) is 0.305. The van der Waals surface area contributed by atoms with Gasteiger partial charge in [-0.05, 0) is 58.8 Å². The summed E-state index contributed by atoms with van der Waals surface area (Å²) in [6.07, 6.45) is 3.44. The van der Waals surface area contributed by atoms with Crippen LogP contribution in [0.25, 0.3) is 0 Å². The van der Waals surface area contributed by atoms with Crippen LogP contribution in [-0.2, 0) is 4.74 Å². The van der Waals surface area contributed by atoms with Crippen molar-refractivity contribution in [3.05, 3.63) is 0 Å². The Balaban J connectivity index is 2.49. The standard InChI is InChI=1S/C14H27ClO/c1-10(2)12(15)8-7-11-9-13(3,4)16-14(11,5)6/h10-12H,7-9H2,1-6H3. The molecule has 0 aromatic carbocycles. The molecule has 16 heavy (non-hydrogen) atoms. The van der Waals surface area contributed by atoms with E-state index in [1.54, 1.807) is 0 Å². The molecule has 0 radical (unpaired) electrons. The smallest absolute Gasteiger partial charge is 0.0662 e. The number of hydrogen-bond donors (Lipinski definition) is 0. The number of halogens is 1. The quantitative estimate of drug-likeness (QED) is 0.658. The van der Waals surface area contributed by atoms with Crippen LogP contribution in [0.1, 0.15) is 60.8 Å². The van der Waals surface area contributed by atoms with E-state index in [4.69, 9.17) is 16.3 Å². The molecule has 1 aliphatic heterocycles. The number of hydrogen-bond acceptors (Lipinski definition) is 1. The monoisotopic (exact) mass is 246 g/mol. The maximum Gasteiger partial charge on any atom is 0.0662 e. The highest BCUT2D eigenvalue weighted by molar-refractivity contribution is 6.20. The molecule has 1 aliphatic rings. The molecule has 0 amide bonds. The maximum atomic E-state index is 6.32. The normalized spacial score (nSPS) is 29.6. The molecule has 2 heteroatoms. The Morgan fingerprint density at radius 2 is 1.81 bits per heavy atom. The van der Waals surface area contributed by atoms with E-state index < -0.39 is 0 Å². The lowest BCUT2D eigenvalue weighted by molar-refractivity contribution is -0.0753. The van der Waals surface area contributed by atoms with Crippen molar-refractivity contribution < 1.29 is 4.74 Å². The van der Waals surface area contributed by atoms with Gasteiger partial charge in [0.15, 0.2) is 0 Å². The van der Waals surface area contributed by atoms with E-state index in [-0.39, 0.29) is 11.2 Å². The second-order valence-electron chi connectivity index (χ2n) is 6.70. The van der Waals surface area contributed by atoms with E-state index in [1.807, 2.05) is 0 Å².